The Balaban J connectivity index is 0.000000167. The van der Waals surface area contributed by atoms with Crippen LogP contribution in [0, 0.1) is 7.14 Å². The molecule has 0 aliphatic heterocycles. The van der Waals surface area contributed by atoms with Gasteiger partial charge in [0.05, 0.1) is 43.4 Å². The van der Waals surface area contributed by atoms with Crippen molar-refractivity contribution in [3.63, 3.8) is 0 Å². The van der Waals surface area contributed by atoms with E-state index in [-0.39, 0.29) is 11.6 Å². The topological polar surface area (TPSA) is 154 Å². The number of nitrogens with zero attached hydrogens (tertiary/aromatic N) is 4. The first-order valence-corrected chi connectivity index (χ1v) is 18.4. The number of carbonyl (C=O) groups is 2. The predicted molar refractivity (Wildman–Crippen MR) is 219 cm³/mol. The van der Waals surface area contributed by atoms with Crippen LogP contribution >= 0.6 is 45.2 Å². The zero-order valence-electron chi connectivity index (χ0n) is 28.5. The van der Waals surface area contributed by atoms with Gasteiger partial charge in [0.25, 0.3) is 0 Å². The molecule has 0 saturated heterocycles. The Kier molecular flexibility index (Phi) is 11.1. The summed E-state index contributed by atoms with van der Waals surface area (Å²) >= 11 is 4.28. The maximum atomic E-state index is 12.7. The van der Waals surface area contributed by atoms with Crippen molar-refractivity contribution < 1.29 is 28.5 Å². The van der Waals surface area contributed by atoms with Crippen LogP contribution in [0.4, 0.5) is 0 Å². The molecule has 0 aliphatic carbocycles. The number of benzene rings is 4. The molecule has 0 spiro atoms. The Morgan fingerprint density at radius 1 is 0.500 bits per heavy atom. The molecule has 54 heavy (non-hydrogen) atoms. The highest BCUT2D eigenvalue weighted by molar-refractivity contribution is 14.1. The van der Waals surface area contributed by atoms with Crippen LogP contribution < -0.4 is 18.9 Å². The molecule has 8 rings (SSSR count). The van der Waals surface area contributed by atoms with Gasteiger partial charge < -0.3 is 28.9 Å². The molecule has 4 aromatic carbocycles. The second-order valence-corrected chi connectivity index (χ2v) is 13.7. The first-order valence-electron chi connectivity index (χ1n) is 16.2. The van der Waals surface area contributed by atoms with E-state index < -0.39 is 0 Å². The first-order chi connectivity index (χ1) is 26.3. The molecule has 4 aromatic heterocycles. The Bertz CT molecular complexity index is 2540. The molecular weight excluding hydrogens is 914 g/mol. The normalized spacial score (nSPS) is 10.7. The molecule has 0 bridgehead atoms. The molecule has 0 radical (unpaired) electrons. The second kappa shape index (κ2) is 16.4. The van der Waals surface area contributed by atoms with E-state index in [1.54, 1.807) is 74.9 Å². The van der Waals surface area contributed by atoms with Crippen LogP contribution in [-0.4, -0.2) is 55.7 Å². The van der Waals surface area contributed by atoms with Gasteiger partial charge in [0.2, 0.25) is 35.1 Å². The number of aromatic amines is 2. The largest absolute Gasteiger partial charge is 0.481 e. The van der Waals surface area contributed by atoms with Gasteiger partial charge in [-0.3, -0.25) is 9.59 Å². The number of nitrogens with one attached hydrogen (secondary N) is 2. The Hall–Kier alpha value is -5.88. The van der Waals surface area contributed by atoms with Crippen LogP contribution in [0.5, 0.6) is 35.0 Å². The SMILES string of the molecule is COc1ccc(I)c(Oc2ccc(C(=O)c3nc4ccccc4[nH]3)cc2)n1.COc1nc(Oc2ccc(C(=O)c3nc4ccccc4[nH]3)cc2)ccc1I. The lowest BCUT2D eigenvalue weighted by Crippen LogP contribution is -2.03. The van der Waals surface area contributed by atoms with Crippen molar-refractivity contribution in [2.75, 3.05) is 14.2 Å². The highest BCUT2D eigenvalue weighted by atomic mass is 127. The highest BCUT2D eigenvalue weighted by Gasteiger charge is 2.16. The third-order valence-corrected chi connectivity index (χ3v) is 9.50. The van der Waals surface area contributed by atoms with Gasteiger partial charge in [-0.25, -0.2) is 9.97 Å². The Labute approximate surface area is 335 Å². The van der Waals surface area contributed by atoms with Crippen LogP contribution in [0.2, 0.25) is 0 Å². The number of halogens is 2. The van der Waals surface area contributed by atoms with Gasteiger partial charge in [-0.15, -0.1) is 0 Å². The van der Waals surface area contributed by atoms with Crippen LogP contribution in [0.15, 0.2) is 121 Å². The lowest BCUT2D eigenvalue weighted by atomic mass is 10.1. The molecule has 4 heterocycles. The third kappa shape index (κ3) is 8.34. The molecule has 2 N–H and O–H groups in total. The standard InChI is InChI=1S/2C20H14IN3O3/c1-26-20-14(21)10-11-17(24-20)27-13-8-6-12(7-9-13)18(25)19-22-15-4-2-3-5-16(15)23-19;1-26-17-11-10-14(21)20(24-17)27-13-8-6-12(7-9-13)18(25)19-22-15-4-2-3-5-16(15)23-19/h2*2-11H,1H3,(H,22,23). The maximum Gasteiger partial charge on any atom is 0.236 e. The van der Waals surface area contributed by atoms with Crippen molar-refractivity contribution in [2.24, 2.45) is 0 Å². The van der Waals surface area contributed by atoms with Crippen molar-refractivity contribution >= 4 is 78.8 Å². The molecule has 8 aromatic rings. The van der Waals surface area contributed by atoms with Crippen molar-refractivity contribution in [2.45, 2.75) is 0 Å². The second-order valence-electron chi connectivity index (χ2n) is 11.4. The molecule has 0 unspecified atom stereocenters. The fourth-order valence-electron chi connectivity index (χ4n) is 5.17. The fourth-order valence-corrected chi connectivity index (χ4v) is 6.10. The van der Waals surface area contributed by atoms with Crippen molar-refractivity contribution in [1.82, 2.24) is 29.9 Å². The molecule has 0 atom stereocenters. The molecule has 268 valence electrons. The number of ether oxygens (including phenoxy) is 4. The van der Waals surface area contributed by atoms with Crippen molar-refractivity contribution in [3.05, 3.63) is 151 Å². The van der Waals surface area contributed by atoms with Crippen LogP contribution in [0.1, 0.15) is 32.4 Å². The molecule has 0 aliphatic rings. The van der Waals surface area contributed by atoms with E-state index in [0.717, 1.165) is 29.2 Å². The van der Waals surface area contributed by atoms with Gasteiger partial charge in [0.1, 0.15) is 11.5 Å². The minimum Gasteiger partial charge on any atom is -0.481 e. The number of methoxy groups -OCH3 is 2. The van der Waals surface area contributed by atoms with Gasteiger partial charge in [-0.2, -0.15) is 9.97 Å². The average molecular weight is 943 g/mol. The summed E-state index contributed by atoms with van der Waals surface area (Å²) in [4.78, 5) is 48.7. The summed E-state index contributed by atoms with van der Waals surface area (Å²) in [5.41, 5.74) is 4.24. The van der Waals surface area contributed by atoms with E-state index in [9.17, 15) is 9.59 Å². The summed E-state index contributed by atoms with van der Waals surface area (Å²) in [6.07, 6.45) is 0. The number of H-pyrrole nitrogens is 2. The van der Waals surface area contributed by atoms with E-state index >= 15 is 0 Å². The van der Waals surface area contributed by atoms with Crippen LogP contribution in [0.25, 0.3) is 22.1 Å². The smallest absolute Gasteiger partial charge is 0.236 e. The van der Waals surface area contributed by atoms with Gasteiger partial charge in [-0.1, -0.05) is 24.3 Å². The molecular formula is C40H28I2N6O6. The summed E-state index contributed by atoms with van der Waals surface area (Å²) in [5, 5.41) is 0. The quantitative estimate of drug-likeness (QED) is 0.100. The molecule has 0 fully saturated rings. The van der Waals surface area contributed by atoms with E-state index in [2.05, 4.69) is 75.1 Å². The predicted octanol–water partition coefficient (Wildman–Crippen LogP) is 9.19. The first kappa shape index (κ1) is 36.5. The monoisotopic (exact) mass is 942 g/mol. The summed E-state index contributed by atoms with van der Waals surface area (Å²) in [6, 6.07) is 36.0. The molecule has 14 heteroatoms. The number of hydrogen-bond acceptors (Lipinski definition) is 10. The van der Waals surface area contributed by atoms with Gasteiger partial charge in [-0.05, 0) is 130 Å². The molecule has 0 saturated carbocycles. The van der Waals surface area contributed by atoms with Gasteiger partial charge in [0, 0.05) is 23.3 Å². The van der Waals surface area contributed by atoms with E-state index in [4.69, 9.17) is 18.9 Å². The number of ketones is 2. The maximum absolute atomic E-state index is 12.7. The summed E-state index contributed by atoms with van der Waals surface area (Å²) in [6.45, 7) is 0. The van der Waals surface area contributed by atoms with Gasteiger partial charge in [0.15, 0.2) is 11.6 Å². The van der Waals surface area contributed by atoms with Crippen LogP contribution in [-0.2, 0) is 0 Å². The number of fused-ring (bicyclic) bond motifs is 2. The van der Waals surface area contributed by atoms with Gasteiger partial charge >= 0.3 is 0 Å². The summed E-state index contributed by atoms with van der Waals surface area (Å²) < 4.78 is 23.6. The minimum absolute atomic E-state index is 0.174. The summed E-state index contributed by atoms with van der Waals surface area (Å²) in [7, 11) is 3.12. The Morgan fingerprint density at radius 2 is 0.963 bits per heavy atom. The lowest BCUT2D eigenvalue weighted by molar-refractivity contribution is 0.102. The number of hydrogen-bond donors (Lipinski definition) is 2. The number of aromatic nitrogens is 6. The highest BCUT2D eigenvalue weighted by Crippen LogP contribution is 2.28. The molecule has 0 amide bonds. The average Bonchev–Trinajstić information content (AvgIpc) is 3.85. The van der Waals surface area contributed by atoms with E-state index in [1.807, 2.05) is 60.7 Å². The number of carbonyl (C=O) groups excluding carboxylic acids is 2. The zero-order valence-corrected chi connectivity index (χ0v) is 32.9. The fraction of sp³-hybridized carbons (Fsp3) is 0.0500. The van der Waals surface area contributed by atoms with Crippen LogP contribution in [0.3, 0.4) is 0 Å². The number of rotatable bonds is 10. The number of imidazole rings is 2. The van der Waals surface area contributed by atoms with E-state index in [1.165, 1.54) is 0 Å². The zero-order chi connectivity index (χ0) is 37.6. The number of para-hydroxylation sites is 4. The number of pyridine rings is 2. The third-order valence-electron chi connectivity index (χ3n) is 7.86. The summed E-state index contributed by atoms with van der Waals surface area (Å²) in [5.74, 6) is 3.28. The lowest BCUT2D eigenvalue weighted by Gasteiger charge is -2.08. The Morgan fingerprint density at radius 3 is 1.46 bits per heavy atom. The van der Waals surface area contributed by atoms with Crippen molar-refractivity contribution in [1.29, 1.82) is 0 Å². The van der Waals surface area contributed by atoms with Crippen molar-refractivity contribution in [3.8, 4) is 35.0 Å². The minimum atomic E-state index is -0.174. The van der Waals surface area contributed by atoms with E-state index in [0.29, 0.717) is 57.8 Å². The molecule has 12 nitrogen and oxygen atoms in total.